The lowest BCUT2D eigenvalue weighted by molar-refractivity contribution is -0.119. The Labute approximate surface area is 75.7 Å². The molecule has 1 nitrogen and oxygen atoms in total. The molecule has 0 N–H and O–H groups in total. The number of rotatable bonds is 2. The second-order valence-electron chi connectivity index (χ2n) is 3.11. The van der Waals surface area contributed by atoms with E-state index in [2.05, 4.69) is 0 Å². The van der Waals surface area contributed by atoms with E-state index in [0.29, 0.717) is 17.0 Å². The van der Waals surface area contributed by atoms with E-state index >= 15 is 0 Å². The topological polar surface area (TPSA) is 17.1 Å². The Kier molecular flexibility index (Phi) is 2.47. The SMILES string of the molecule is O=C(C1CC1)C1CSCCS1. The van der Waals surface area contributed by atoms with Gasteiger partial charge in [0.25, 0.3) is 0 Å². The molecule has 1 saturated carbocycles. The summed E-state index contributed by atoms with van der Waals surface area (Å²) in [5.41, 5.74) is 0. The summed E-state index contributed by atoms with van der Waals surface area (Å²) >= 11 is 3.80. The van der Waals surface area contributed by atoms with Crippen molar-refractivity contribution in [2.45, 2.75) is 18.1 Å². The van der Waals surface area contributed by atoms with E-state index in [1.54, 1.807) is 0 Å². The van der Waals surface area contributed by atoms with Gasteiger partial charge in [-0.15, -0.1) is 11.8 Å². The molecule has 1 aliphatic carbocycles. The zero-order valence-corrected chi connectivity index (χ0v) is 8.05. The summed E-state index contributed by atoms with van der Waals surface area (Å²) in [6, 6.07) is 0. The second kappa shape index (κ2) is 3.40. The van der Waals surface area contributed by atoms with Crippen LogP contribution >= 0.6 is 23.5 Å². The first-order valence-corrected chi connectivity index (χ1v) is 6.31. The maximum Gasteiger partial charge on any atom is 0.149 e. The number of ketones is 1. The molecule has 1 saturated heterocycles. The third-order valence-corrected chi connectivity index (χ3v) is 4.89. The monoisotopic (exact) mass is 188 g/mol. The van der Waals surface area contributed by atoms with Gasteiger partial charge < -0.3 is 0 Å². The number of hydrogen-bond donors (Lipinski definition) is 0. The van der Waals surface area contributed by atoms with Crippen molar-refractivity contribution in [1.29, 1.82) is 0 Å². The Balaban J connectivity index is 1.86. The van der Waals surface area contributed by atoms with Crippen LogP contribution in [0.15, 0.2) is 0 Å². The van der Waals surface area contributed by atoms with E-state index in [1.165, 1.54) is 24.3 Å². The van der Waals surface area contributed by atoms with Crippen LogP contribution in [0.3, 0.4) is 0 Å². The molecule has 1 atom stereocenters. The molecule has 1 unspecified atom stereocenters. The van der Waals surface area contributed by atoms with Gasteiger partial charge in [0, 0.05) is 23.2 Å². The van der Waals surface area contributed by atoms with E-state index < -0.39 is 0 Å². The van der Waals surface area contributed by atoms with Crippen molar-refractivity contribution in [3.8, 4) is 0 Å². The Morgan fingerprint density at radius 2 is 2.09 bits per heavy atom. The molecule has 2 fully saturated rings. The molecule has 0 amide bonds. The molecular weight excluding hydrogens is 176 g/mol. The first kappa shape index (κ1) is 7.99. The normalized spacial score (nSPS) is 31.8. The summed E-state index contributed by atoms with van der Waals surface area (Å²) in [4.78, 5) is 11.5. The Morgan fingerprint density at radius 1 is 1.27 bits per heavy atom. The summed E-state index contributed by atoms with van der Waals surface area (Å²) in [7, 11) is 0. The minimum Gasteiger partial charge on any atom is -0.298 e. The first-order chi connectivity index (χ1) is 5.38. The molecule has 3 heteroatoms. The third-order valence-electron chi connectivity index (χ3n) is 2.11. The van der Waals surface area contributed by atoms with Crippen molar-refractivity contribution in [2.24, 2.45) is 5.92 Å². The van der Waals surface area contributed by atoms with E-state index in [0.717, 1.165) is 5.75 Å². The highest BCUT2D eigenvalue weighted by Gasteiger charge is 2.35. The minimum absolute atomic E-state index is 0.348. The lowest BCUT2D eigenvalue weighted by atomic mass is 10.2. The Hall–Kier alpha value is 0.370. The molecule has 2 aliphatic rings. The summed E-state index contributed by atoms with van der Waals surface area (Å²) in [5.74, 6) is 4.49. The molecule has 2 rings (SSSR count). The quantitative estimate of drug-likeness (QED) is 0.658. The van der Waals surface area contributed by atoms with E-state index in [9.17, 15) is 4.79 Å². The largest absolute Gasteiger partial charge is 0.298 e. The smallest absolute Gasteiger partial charge is 0.149 e. The number of hydrogen-bond acceptors (Lipinski definition) is 3. The average Bonchev–Trinajstić information content (AvgIpc) is 2.87. The summed E-state index contributed by atoms with van der Waals surface area (Å²) in [5, 5.41) is 0.348. The van der Waals surface area contributed by atoms with E-state index in [4.69, 9.17) is 0 Å². The van der Waals surface area contributed by atoms with Gasteiger partial charge in [-0.25, -0.2) is 0 Å². The van der Waals surface area contributed by atoms with Crippen LogP contribution in [0.5, 0.6) is 0 Å². The first-order valence-electron chi connectivity index (χ1n) is 4.11. The van der Waals surface area contributed by atoms with Crippen LogP contribution in [0.4, 0.5) is 0 Å². The van der Waals surface area contributed by atoms with Gasteiger partial charge in [-0.2, -0.15) is 11.8 Å². The summed E-state index contributed by atoms with van der Waals surface area (Å²) < 4.78 is 0. The number of carbonyl (C=O) groups is 1. The third kappa shape index (κ3) is 1.94. The van der Waals surface area contributed by atoms with Crippen LogP contribution in [-0.2, 0) is 4.79 Å². The van der Waals surface area contributed by atoms with E-state index in [-0.39, 0.29) is 0 Å². The van der Waals surface area contributed by atoms with Crippen LogP contribution in [-0.4, -0.2) is 28.3 Å². The lowest BCUT2D eigenvalue weighted by Gasteiger charge is -2.19. The van der Waals surface area contributed by atoms with Crippen LogP contribution in [0.2, 0.25) is 0 Å². The highest BCUT2D eigenvalue weighted by molar-refractivity contribution is 8.07. The molecule has 0 aromatic rings. The van der Waals surface area contributed by atoms with Gasteiger partial charge in [0.1, 0.15) is 5.78 Å². The van der Waals surface area contributed by atoms with Gasteiger partial charge in [0.15, 0.2) is 0 Å². The summed E-state index contributed by atoms with van der Waals surface area (Å²) in [6.07, 6.45) is 2.33. The molecule has 11 heavy (non-hydrogen) atoms. The van der Waals surface area contributed by atoms with Crippen LogP contribution < -0.4 is 0 Å². The van der Waals surface area contributed by atoms with Crippen LogP contribution in [0, 0.1) is 5.92 Å². The van der Waals surface area contributed by atoms with Gasteiger partial charge in [-0.3, -0.25) is 4.79 Å². The van der Waals surface area contributed by atoms with Crippen LogP contribution in [0.1, 0.15) is 12.8 Å². The van der Waals surface area contributed by atoms with Gasteiger partial charge in [-0.05, 0) is 12.8 Å². The van der Waals surface area contributed by atoms with Crippen LogP contribution in [0.25, 0.3) is 0 Å². The van der Waals surface area contributed by atoms with E-state index in [1.807, 2.05) is 23.5 Å². The fourth-order valence-electron chi connectivity index (χ4n) is 1.28. The van der Waals surface area contributed by atoms with Gasteiger partial charge in [0.2, 0.25) is 0 Å². The van der Waals surface area contributed by atoms with Gasteiger partial charge in [0.05, 0.1) is 5.25 Å². The Bertz CT molecular complexity index is 159. The highest BCUT2D eigenvalue weighted by Crippen LogP contribution is 2.36. The molecular formula is C8H12OS2. The minimum atomic E-state index is 0.348. The van der Waals surface area contributed by atoms with Crippen molar-refractivity contribution in [3.05, 3.63) is 0 Å². The Morgan fingerprint density at radius 3 is 2.64 bits per heavy atom. The average molecular weight is 188 g/mol. The number of thioether (sulfide) groups is 2. The number of Topliss-reactive ketones (excluding diaryl/α,β-unsaturated/α-hetero) is 1. The molecule has 0 aromatic carbocycles. The van der Waals surface area contributed by atoms with Crippen molar-refractivity contribution in [2.75, 3.05) is 17.3 Å². The zero-order chi connectivity index (χ0) is 7.68. The highest BCUT2D eigenvalue weighted by atomic mass is 32.2. The van der Waals surface area contributed by atoms with Crippen molar-refractivity contribution >= 4 is 29.3 Å². The molecule has 62 valence electrons. The van der Waals surface area contributed by atoms with Crippen molar-refractivity contribution < 1.29 is 4.79 Å². The summed E-state index contributed by atoms with van der Waals surface area (Å²) in [6.45, 7) is 0. The molecule has 1 heterocycles. The standard InChI is InChI=1S/C8H12OS2/c9-8(6-1-2-6)7-5-10-3-4-11-7/h6-7H,1-5H2. The van der Waals surface area contributed by atoms with Crippen molar-refractivity contribution in [3.63, 3.8) is 0 Å². The fraction of sp³-hybridized carbons (Fsp3) is 0.875. The predicted molar refractivity (Wildman–Crippen MR) is 51.3 cm³/mol. The molecule has 0 bridgehead atoms. The molecule has 1 aliphatic heterocycles. The van der Waals surface area contributed by atoms with Gasteiger partial charge >= 0.3 is 0 Å². The molecule has 0 spiro atoms. The number of carbonyl (C=O) groups excluding carboxylic acids is 1. The predicted octanol–water partition coefficient (Wildman–Crippen LogP) is 1.81. The molecule has 0 radical (unpaired) electrons. The second-order valence-corrected chi connectivity index (χ2v) is 5.57. The maximum absolute atomic E-state index is 11.5. The van der Waals surface area contributed by atoms with Gasteiger partial charge in [-0.1, -0.05) is 0 Å². The van der Waals surface area contributed by atoms with Crippen molar-refractivity contribution in [1.82, 2.24) is 0 Å². The maximum atomic E-state index is 11.5. The lowest BCUT2D eigenvalue weighted by Crippen LogP contribution is -2.25. The zero-order valence-electron chi connectivity index (χ0n) is 6.41. The fourth-order valence-corrected chi connectivity index (χ4v) is 4.00. The molecule has 0 aromatic heterocycles.